The molecule has 0 spiro atoms. The van der Waals surface area contributed by atoms with E-state index in [0.29, 0.717) is 5.82 Å². The molecular weight excluding hydrogens is 264 g/mol. The molecule has 1 aromatic carbocycles. The summed E-state index contributed by atoms with van der Waals surface area (Å²) in [6.45, 7) is 6.02. The number of aryl methyl sites for hydroxylation is 1. The Labute approximate surface area is 124 Å². The Morgan fingerprint density at radius 2 is 1.71 bits per heavy atom. The van der Waals surface area contributed by atoms with Crippen LogP contribution in [0.1, 0.15) is 19.5 Å². The van der Waals surface area contributed by atoms with Gasteiger partial charge in [-0.3, -0.25) is 0 Å². The van der Waals surface area contributed by atoms with Crippen molar-refractivity contribution in [2.24, 2.45) is 7.05 Å². The van der Waals surface area contributed by atoms with Crippen molar-refractivity contribution >= 4 is 16.9 Å². The summed E-state index contributed by atoms with van der Waals surface area (Å²) in [7, 11) is 1.95. The van der Waals surface area contributed by atoms with Gasteiger partial charge in [-0.15, -0.1) is 0 Å². The number of aromatic hydroxyl groups is 1. The van der Waals surface area contributed by atoms with E-state index in [4.69, 9.17) is 5.73 Å². The first-order chi connectivity index (χ1) is 10.1. The van der Waals surface area contributed by atoms with Crippen molar-refractivity contribution in [2.75, 3.05) is 5.73 Å². The molecule has 110 valence electrons. The van der Waals surface area contributed by atoms with Crippen molar-refractivity contribution in [2.45, 2.75) is 20.8 Å². The largest absolute Gasteiger partial charge is 0.508 e. The number of nitrogens with zero attached hydrogens (tertiary/aromatic N) is 3. The Bertz CT molecular complexity index is 760. The molecule has 2 heterocycles. The summed E-state index contributed by atoms with van der Waals surface area (Å²) in [6.07, 6.45) is 1.47. The second kappa shape index (κ2) is 5.83. The molecule has 0 saturated carbocycles. The fourth-order valence-corrected chi connectivity index (χ4v) is 2.37. The van der Waals surface area contributed by atoms with E-state index in [1.807, 2.05) is 44.5 Å². The second-order valence-corrected chi connectivity index (χ2v) is 4.52. The van der Waals surface area contributed by atoms with Gasteiger partial charge in [-0.05, 0) is 24.6 Å². The van der Waals surface area contributed by atoms with Gasteiger partial charge in [0.1, 0.15) is 23.5 Å². The van der Waals surface area contributed by atoms with Crippen molar-refractivity contribution in [1.29, 1.82) is 0 Å². The van der Waals surface area contributed by atoms with Crippen LogP contribution < -0.4 is 5.73 Å². The number of benzene rings is 1. The number of rotatable bonds is 1. The van der Waals surface area contributed by atoms with E-state index in [9.17, 15) is 5.11 Å². The van der Waals surface area contributed by atoms with E-state index in [-0.39, 0.29) is 5.75 Å². The lowest BCUT2D eigenvalue weighted by atomic mass is 10.0. The van der Waals surface area contributed by atoms with Crippen molar-refractivity contribution in [3.8, 4) is 16.9 Å². The lowest BCUT2D eigenvalue weighted by Crippen LogP contribution is -1.95. The molecule has 0 aliphatic carbocycles. The Morgan fingerprint density at radius 1 is 1.10 bits per heavy atom. The highest BCUT2D eigenvalue weighted by atomic mass is 16.3. The number of nitrogens with two attached hydrogens (primary N) is 1. The Morgan fingerprint density at radius 3 is 2.33 bits per heavy atom. The zero-order valence-electron chi connectivity index (χ0n) is 12.8. The van der Waals surface area contributed by atoms with Gasteiger partial charge in [0.05, 0.1) is 5.39 Å². The normalized spacial score (nSPS) is 10.3. The van der Waals surface area contributed by atoms with Crippen LogP contribution in [-0.4, -0.2) is 19.6 Å². The molecule has 0 aliphatic rings. The predicted molar refractivity (Wildman–Crippen MR) is 86.1 cm³/mol. The molecule has 0 bridgehead atoms. The van der Waals surface area contributed by atoms with Gasteiger partial charge in [-0.1, -0.05) is 26.0 Å². The number of phenolic OH excluding ortho intramolecular Hbond substituents is 1. The highest BCUT2D eigenvalue weighted by Gasteiger charge is 2.17. The van der Waals surface area contributed by atoms with E-state index < -0.39 is 0 Å². The summed E-state index contributed by atoms with van der Waals surface area (Å²) in [5.41, 5.74) is 9.87. The molecule has 3 rings (SSSR count). The van der Waals surface area contributed by atoms with Gasteiger partial charge in [0.25, 0.3) is 0 Å². The lowest BCUT2D eigenvalue weighted by Gasteiger charge is -2.03. The highest BCUT2D eigenvalue weighted by molar-refractivity contribution is 6.02. The van der Waals surface area contributed by atoms with Crippen LogP contribution in [0.25, 0.3) is 22.2 Å². The van der Waals surface area contributed by atoms with Crippen LogP contribution >= 0.6 is 0 Å². The maximum absolute atomic E-state index is 9.39. The van der Waals surface area contributed by atoms with Crippen molar-refractivity contribution in [3.63, 3.8) is 0 Å². The number of anilines is 1. The fourth-order valence-electron chi connectivity index (χ4n) is 2.37. The maximum atomic E-state index is 9.39. The third-order valence-corrected chi connectivity index (χ3v) is 3.45. The van der Waals surface area contributed by atoms with Gasteiger partial charge in [0.15, 0.2) is 0 Å². The Balaban J connectivity index is 0.000000774. The maximum Gasteiger partial charge on any atom is 0.146 e. The highest BCUT2D eigenvalue weighted by Crippen LogP contribution is 2.35. The number of hydrogen-bond donors (Lipinski definition) is 2. The van der Waals surface area contributed by atoms with Crippen LogP contribution in [0.2, 0.25) is 0 Å². The third-order valence-electron chi connectivity index (χ3n) is 3.45. The monoisotopic (exact) mass is 284 g/mol. The number of fused-ring (bicyclic) bond motifs is 1. The van der Waals surface area contributed by atoms with Crippen molar-refractivity contribution in [3.05, 3.63) is 36.3 Å². The van der Waals surface area contributed by atoms with Gasteiger partial charge in [0.2, 0.25) is 0 Å². The molecule has 3 aromatic rings. The summed E-state index contributed by atoms with van der Waals surface area (Å²) in [5.74, 6) is 0.711. The average molecular weight is 284 g/mol. The van der Waals surface area contributed by atoms with Crippen LogP contribution in [0, 0.1) is 6.92 Å². The van der Waals surface area contributed by atoms with Gasteiger partial charge in [-0.2, -0.15) is 0 Å². The predicted octanol–water partition coefficient (Wildman–Crippen LogP) is 3.26. The quantitative estimate of drug-likeness (QED) is 0.719. The zero-order valence-corrected chi connectivity index (χ0v) is 12.8. The first-order valence-corrected chi connectivity index (χ1v) is 6.94. The summed E-state index contributed by atoms with van der Waals surface area (Å²) < 4.78 is 2.00. The molecule has 0 unspecified atom stereocenters. The molecule has 5 nitrogen and oxygen atoms in total. The number of hydrogen-bond acceptors (Lipinski definition) is 4. The molecule has 0 atom stereocenters. The smallest absolute Gasteiger partial charge is 0.146 e. The van der Waals surface area contributed by atoms with Crippen LogP contribution in [-0.2, 0) is 7.05 Å². The van der Waals surface area contributed by atoms with E-state index in [2.05, 4.69) is 9.97 Å². The minimum atomic E-state index is 0.242. The lowest BCUT2D eigenvalue weighted by molar-refractivity contribution is 0.475. The van der Waals surface area contributed by atoms with E-state index in [1.54, 1.807) is 12.1 Å². The average Bonchev–Trinajstić information content (AvgIpc) is 2.76. The molecule has 0 aliphatic heterocycles. The van der Waals surface area contributed by atoms with Crippen LogP contribution in [0.15, 0.2) is 30.6 Å². The van der Waals surface area contributed by atoms with Gasteiger partial charge < -0.3 is 15.4 Å². The summed E-state index contributed by atoms with van der Waals surface area (Å²) in [4.78, 5) is 8.36. The topological polar surface area (TPSA) is 77.0 Å². The van der Waals surface area contributed by atoms with Gasteiger partial charge >= 0.3 is 0 Å². The minimum absolute atomic E-state index is 0.242. The van der Waals surface area contributed by atoms with Crippen LogP contribution in [0.4, 0.5) is 5.82 Å². The van der Waals surface area contributed by atoms with Crippen molar-refractivity contribution in [1.82, 2.24) is 14.5 Å². The molecule has 0 saturated heterocycles. The van der Waals surface area contributed by atoms with Gasteiger partial charge in [0, 0.05) is 18.3 Å². The number of aromatic nitrogens is 3. The van der Waals surface area contributed by atoms with E-state index in [0.717, 1.165) is 27.9 Å². The standard InChI is InChI=1S/C14H14N4O.C2H6/c1-8-11(9-3-5-10(19)6-4-9)12-13(15)16-7-17-14(12)18(8)2;1-2/h3-7,19H,1-2H3,(H2,15,16,17);1-2H3. The molecule has 0 fully saturated rings. The number of phenols is 1. The first kappa shape index (κ1) is 14.8. The van der Waals surface area contributed by atoms with E-state index in [1.165, 1.54) is 6.33 Å². The molecule has 21 heavy (non-hydrogen) atoms. The molecule has 2 aromatic heterocycles. The fraction of sp³-hybridized carbons (Fsp3) is 0.250. The third kappa shape index (κ3) is 2.42. The molecule has 0 radical (unpaired) electrons. The number of nitrogen functional groups attached to an aromatic ring is 1. The molecule has 5 heteroatoms. The van der Waals surface area contributed by atoms with Crippen LogP contribution in [0.3, 0.4) is 0 Å². The Kier molecular flexibility index (Phi) is 4.12. The van der Waals surface area contributed by atoms with E-state index >= 15 is 0 Å². The zero-order chi connectivity index (χ0) is 15.6. The van der Waals surface area contributed by atoms with Crippen molar-refractivity contribution < 1.29 is 5.11 Å². The summed E-state index contributed by atoms with van der Waals surface area (Å²) in [6, 6.07) is 7.05. The summed E-state index contributed by atoms with van der Waals surface area (Å²) >= 11 is 0. The minimum Gasteiger partial charge on any atom is -0.508 e. The molecule has 3 N–H and O–H groups in total. The molecular formula is C16H20N4O. The van der Waals surface area contributed by atoms with Crippen LogP contribution in [0.5, 0.6) is 5.75 Å². The first-order valence-electron chi connectivity index (χ1n) is 6.94. The SMILES string of the molecule is CC.Cc1c(-c2ccc(O)cc2)c2c(N)ncnc2n1C. The molecule has 0 amide bonds. The second-order valence-electron chi connectivity index (χ2n) is 4.52. The Hall–Kier alpha value is -2.56. The summed E-state index contributed by atoms with van der Waals surface area (Å²) in [5, 5.41) is 10.2. The van der Waals surface area contributed by atoms with Gasteiger partial charge in [-0.25, -0.2) is 9.97 Å².